The van der Waals surface area contributed by atoms with Crippen LogP contribution in [0, 0.1) is 5.92 Å². The van der Waals surface area contributed by atoms with E-state index in [1.54, 1.807) is 0 Å². The average molecular weight is 509 g/mol. The molecule has 0 radical (unpaired) electrons. The Morgan fingerprint density at radius 1 is 1.14 bits per heavy atom. The molecule has 198 valence electrons. The van der Waals surface area contributed by atoms with E-state index in [1.807, 2.05) is 77.1 Å². The van der Waals surface area contributed by atoms with Crippen LogP contribution >= 0.6 is 0 Å². The smallest absolute Gasteiger partial charge is 0.351 e. The van der Waals surface area contributed by atoms with Crippen molar-refractivity contribution in [3.63, 3.8) is 0 Å². The van der Waals surface area contributed by atoms with Crippen LogP contribution in [0.1, 0.15) is 56.8 Å². The lowest BCUT2D eigenvalue weighted by Crippen LogP contribution is -2.36. The van der Waals surface area contributed by atoms with Crippen molar-refractivity contribution in [2.75, 3.05) is 12.3 Å². The molecule has 1 saturated heterocycles. The average Bonchev–Trinajstić information content (AvgIpc) is 3.15. The van der Waals surface area contributed by atoms with Crippen molar-refractivity contribution in [2.45, 2.75) is 71.8 Å². The summed E-state index contributed by atoms with van der Waals surface area (Å²) in [6, 6.07) is 14.0. The summed E-state index contributed by atoms with van der Waals surface area (Å²) in [5.41, 5.74) is 6.47. The topological polar surface area (TPSA) is 118 Å². The Labute approximate surface area is 216 Å². The SMILES string of the molecule is CC(C)OC[C@H]1O[C@@H](n2cc(C(=O)NCc3ccc4ccccc4c3)c(N)nc2=O)[C@@H](C)C1OC(C)C. The van der Waals surface area contributed by atoms with Gasteiger partial charge in [0.25, 0.3) is 5.91 Å². The molecule has 1 unspecified atom stereocenters. The second kappa shape index (κ2) is 11.4. The fraction of sp³-hybridized carbons (Fsp3) is 0.464. The molecule has 2 heterocycles. The normalized spacial score (nSPS) is 21.7. The molecule has 9 heteroatoms. The number of carbonyl (C=O) groups excluding carboxylic acids is 1. The van der Waals surface area contributed by atoms with E-state index in [4.69, 9.17) is 19.9 Å². The van der Waals surface area contributed by atoms with Crippen LogP contribution in [0.15, 0.2) is 53.5 Å². The number of aromatic nitrogens is 2. The molecule has 0 spiro atoms. The molecule has 0 saturated carbocycles. The standard InChI is InChI=1S/C28H36N4O5/c1-16(2)35-15-23-24(36-17(3)4)18(5)27(37-23)32-14-22(25(29)31-28(32)34)26(33)30-13-19-10-11-20-8-6-7-9-21(20)12-19/h6-12,14,16-18,23-24,27H,13,15H2,1-5H3,(H,30,33)(H2,29,31,34)/t18-,23+,24?,27+/m0/s1. The first kappa shape index (κ1) is 26.8. The third-order valence-corrected chi connectivity index (χ3v) is 6.44. The van der Waals surface area contributed by atoms with Gasteiger partial charge < -0.3 is 25.3 Å². The predicted molar refractivity (Wildman–Crippen MR) is 142 cm³/mol. The highest BCUT2D eigenvalue weighted by molar-refractivity contribution is 5.98. The number of hydrogen-bond acceptors (Lipinski definition) is 7. The summed E-state index contributed by atoms with van der Waals surface area (Å²) >= 11 is 0. The van der Waals surface area contributed by atoms with Gasteiger partial charge in [-0.1, -0.05) is 43.3 Å². The van der Waals surface area contributed by atoms with Gasteiger partial charge in [0.15, 0.2) is 0 Å². The number of fused-ring (bicyclic) bond motifs is 1. The van der Waals surface area contributed by atoms with E-state index in [9.17, 15) is 9.59 Å². The first-order valence-corrected chi connectivity index (χ1v) is 12.7. The van der Waals surface area contributed by atoms with Crippen LogP contribution in [0.5, 0.6) is 0 Å². The maximum absolute atomic E-state index is 13.1. The third kappa shape index (κ3) is 6.18. The van der Waals surface area contributed by atoms with Crippen molar-refractivity contribution in [1.29, 1.82) is 0 Å². The fourth-order valence-corrected chi connectivity index (χ4v) is 4.61. The molecule has 1 amide bonds. The number of rotatable bonds is 9. The van der Waals surface area contributed by atoms with E-state index < -0.39 is 17.8 Å². The molecule has 37 heavy (non-hydrogen) atoms. The maximum atomic E-state index is 13.1. The lowest BCUT2D eigenvalue weighted by molar-refractivity contribution is -0.0966. The number of nitrogen functional groups attached to an aromatic ring is 1. The summed E-state index contributed by atoms with van der Waals surface area (Å²) in [7, 11) is 0. The second-order valence-electron chi connectivity index (χ2n) is 10.0. The Hall–Kier alpha value is -3.27. The lowest BCUT2D eigenvalue weighted by Gasteiger charge is -2.24. The minimum absolute atomic E-state index is 0.0245. The van der Waals surface area contributed by atoms with Crippen LogP contribution in [0.3, 0.4) is 0 Å². The van der Waals surface area contributed by atoms with Gasteiger partial charge >= 0.3 is 5.69 Å². The van der Waals surface area contributed by atoms with Crippen LogP contribution < -0.4 is 16.7 Å². The number of carbonyl (C=O) groups is 1. The summed E-state index contributed by atoms with van der Waals surface area (Å²) in [5.74, 6) is -0.746. The van der Waals surface area contributed by atoms with Crippen molar-refractivity contribution in [3.05, 3.63) is 70.3 Å². The highest BCUT2D eigenvalue weighted by Gasteiger charge is 2.45. The Morgan fingerprint density at radius 2 is 1.86 bits per heavy atom. The van der Waals surface area contributed by atoms with Crippen molar-refractivity contribution in [1.82, 2.24) is 14.9 Å². The molecule has 1 aromatic heterocycles. The van der Waals surface area contributed by atoms with E-state index in [0.29, 0.717) is 13.2 Å². The summed E-state index contributed by atoms with van der Waals surface area (Å²) in [4.78, 5) is 29.8. The Bertz CT molecular complexity index is 1310. The number of hydrogen-bond donors (Lipinski definition) is 2. The molecule has 2 aromatic carbocycles. The zero-order chi connectivity index (χ0) is 26.7. The first-order chi connectivity index (χ1) is 17.6. The van der Waals surface area contributed by atoms with Crippen LogP contribution in [-0.2, 0) is 20.8 Å². The van der Waals surface area contributed by atoms with Crippen molar-refractivity contribution in [2.24, 2.45) is 5.92 Å². The Balaban J connectivity index is 1.54. The minimum atomic E-state index is -0.683. The van der Waals surface area contributed by atoms with Gasteiger partial charge in [-0.25, -0.2) is 4.79 Å². The second-order valence-corrected chi connectivity index (χ2v) is 10.0. The Morgan fingerprint density at radius 3 is 2.57 bits per heavy atom. The molecule has 9 nitrogen and oxygen atoms in total. The van der Waals surface area contributed by atoms with Gasteiger partial charge in [0.2, 0.25) is 0 Å². The van der Waals surface area contributed by atoms with Gasteiger partial charge in [0.1, 0.15) is 18.1 Å². The van der Waals surface area contributed by atoms with Gasteiger partial charge in [-0.05, 0) is 50.1 Å². The number of nitrogens with one attached hydrogen (secondary N) is 1. The first-order valence-electron chi connectivity index (χ1n) is 12.7. The summed E-state index contributed by atoms with van der Waals surface area (Å²) in [6.07, 6.45) is 0.0696. The summed E-state index contributed by atoms with van der Waals surface area (Å²) < 4.78 is 19.5. The molecule has 1 aliphatic heterocycles. The van der Waals surface area contributed by atoms with Crippen LogP contribution in [0.25, 0.3) is 10.8 Å². The molecule has 3 N–H and O–H groups in total. The predicted octanol–water partition coefficient (Wildman–Crippen LogP) is 3.66. The van der Waals surface area contributed by atoms with Gasteiger partial charge in [0, 0.05) is 18.7 Å². The number of benzene rings is 2. The third-order valence-electron chi connectivity index (χ3n) is 6.44. The highest BCUT2D eigenvalue weighted by Crippen LogP contribution is 2.37. The van der Waals surface area contributed by atoms with E-state index in [2.05, 4.69) is 10.3 Å². The summed E-state index contributed by atoms with van der Waals surface area (Å²) in [5, 5.41) is 5.10. The van der Waals surface area contributed by atoms with E-state index >= 15 is 0 Å². The van der Waals surface area contributed by atoms with Crippen molar-refractivity contribution in [3.8, 4) is 0 Å². The number of amides is 1. The fourth-order valence-electron chi connectivity index (χ4n) is 4.61. The molecule has 1 fully saturated rings. The summed E-state index contributed by atoms with van der Waals surface area (Å²) in [6.45, 7) is 10.4. The van der Waals surface area contributed by atoms with Gasteiger partial charge in [0.05, 0.1) is 30.5 Å². The molecular weight excluding hydrogens is 472 g/mol. The van der Waals surface area contributed by atoms with Crippen LogP contribution in [0.2, 0.25) is 0 Å². The van der Waals surface area contributed by atoms with E-state index in [0.717, 1.165) is 16.3 Å². The Kier molecular flexibility index (Phi) is 8.26. The molecule has 3 aromatic rings. The molecule has 1 aliphatic rings. The quantitative estimate of drug-likeness (QED) is 0.453. The molecular formula is C28H36N4O5. The number of ether oxygens (including phenoxy) is 3. The monoisotopic (exact) mass is 508 g/mol. The zero-order valence-electron chi connectivity index (χ0n) is 22.0. The molecule has 4 atom stereocenters. The van der Waals surface area contributed by atoms with Crippen LogP contribution in [-0.4, -0.2) is 46.5 Å². The zero-order valence-corrected chi connectivity index (χ0v) is 22.0. The van der Waals surface area contributed by atoms with E-state index in [-0.39, 0.29) is 41.7 Å². The van der Waals surface area contributed by atoms with Crippen molar-refractivity contribution >= 4 is 22.5 Å². The van der Waals surface area contributed by atoms with E-state index in [1.165, 1.54) is 10.8 Å². The molecule has 0 bridgehead atoms. The van der Waals surface area contributed by atoms with Gasteiger partial charge in [-0.2, -0.15) is 4.98 Å². The van der Waals surface area contributed by atoms with Gasteiger partial charge in [-0.3, -0.25) is 9.36 Å². The molecule has 4 rings (SSSR count). The number of anilines is 1. The molecule has 0 aliphatic carbocycles. The number of nitrogens with two attached hydrogens (primary N) is 1. The lowest BCUT2D eigenvalue weighted by atomic mass is 10.0. The largest absolute Gasteiger partial charge is 0.383 e. The minimum Gasteiger partial charge on any atom is -0.383 e. The maximum Gasteiger partial charge on any atom is 0.351 e. The number of nitrogens with zero attached hydrogens (tertiary/aromatic N) is 2. The van der Waals surface area contributed by atoms with Crippen molar-refractivity contribution < 1.29 is 19.0 Å². The van der Waals surface area contributed by atoms with Crippen LogP contribution in [0.4, 0.5) is 5.82 Å². The highest BCUT2D eigenvalue weighted by atomic mass is 16.6. The van der Waals surface area contributed by atoms with Gasteiger partial charge in [-0.15, -0.1) is 0 Å².